The monoisotopic (exact) mass is 330 g/mol. The highest BCUT2D eigenvalue weighted by molar-refractivity contribution is 6.40. The molecule has 0 aliphatic carbocycles. The quantitative estimate of drug-likeness (QED) is 0.877. The summed E-state index contributed by atoms with van der Waals surface area (Å²) < 4.78 is 5.64. The molecule has 2 N–H and O–H groups in total. The molecule has 2 aromatic rings. The van der Waals surface area contributed by atoms with Crippen molar-refractivity contribution in [3.63, 3.8) is 0 Å². The van der Waals surface area contributed by atoms with E-state index < -0.39 is 0 Å². The average molecular weight is 332 g/mol. The second-order valence-corrected chi connectivity index (χ2v) is 5.66. The molecule has 1 heterocycles. The van der Waals surface area contributed by atoms with Crippen molar-refractivity contribution in [2.24, 2.45) is 0 Å². The molecule has 1 aromatic carbocycles. The third kappa shape index (κ3) is 3.11. The third-order valence-electron chi connectivity index (χ3n) is 2.99. The van der Waals surface area contributed by atoms with Gasteiger partial charge >= 0.3 is 0 Å². The van der Waals surface area contributed by atoms with Crippen LogP contribution in [0.5, 0.6) is 5.75 Å². The number of aryl methyl sites for hydroxylation is 1. The maximum atomic E-state index is 6.06. The van der Waals surface area contributed by atoms with Crippen LogP contribution in [0.1, 0.15) is 16.8 Å². The van der Waals surface area contributed by atoms with Gasteiger partial charge in [-0.25, -0.2) is 0 Å². The second-order valence-electron chi connectivity index (χ2n) is 4.41. The lowest BCUT2D eigenvalue weighted by Gasteiger charge is -2.13. The van der Waals surface area contributed by atoms with Crippen LogP contribution in [0.2, 0.25) is 15.1 Å². The molecule has 20 heavy (non-hydrogen) atoms. The summed E-state index contributed by atoms with van der Waals surface area (Å²) in [5.41, 5.74) is 9.26. The Morgan fingerprint density at radius 1 is 1.15 bits per heavy atom. The lowest BCUT2D eigenvalue weighted by molar-refractivity contribution is 0.301. The van der Waals surface area contributed by atoms with Gasteiger partial charge in [-0.2, -0.15) is 0 Å². The van der Waals surface area contributed by atoms with Gasteiger partial charge in [-0.3, -0.25) is 4.98 Å². The van der Waals surface area contributed by atoms with Crippen molar-refractivity contribution in [3.8, 4) is 5.75 Å². The number of hydrogen-bond acceptors (Lipinski definition) is 3. The first-order chi connectivity index (χ1) is 9.40. The predicted molar refractivity (Wildman–Crippen MR) is 83.9 cm³/mol. The molecule has 6 heteroatoms. The van der Waals surface area contributed by atoms with Crippen LogP contribution in [-0.4, -0.2) is 4.98 Å². The van der Waals surface area contributed by atoms with Gasteiger partial charge in [0, 0.05) is 16.9 Å². The number of pyridine rings is 1. The molecule has 3 nitrogen and oxygen atoms in total. The molecule has 0 saturated heterocycles. The number of halogens is 3. The van der Waals surface area contributed by atoms with E-state index in [4.69, 9.17) is 45.3 Å². The van der Waals surface area contributed by atoms with E-state index in [0.29, 0.717) is 26.5 Å². The van der Waals surface area contributed by atoms with Crippen LogP contribution in [-0.2, 0) is 6.61 Å². The fourth-order valence-corrected chi connectivity index (χ4v) is 2.67. The summed E-state index contributed by atoms with van der Waals surface area (Å²) in [6.07, 6.45) is 1.71. The Morgan fingerprint density at radius 2 is 1.75 bits per heavy atom. The first kappa shape index (κ1) is 15.2. The van der Waals surface area contributed by atoms with E-state index in [9.17, 15) is 0 Å². The molecule has 106 valence electrons. The number of hydrogen-bond donors (Lipinski definition) is 1. The lowest BCUT2D eigenvalue weighted by Crippen LogP contribution is -2.05. The Labute approximate surface area is 132 Å². The molecule has 0 radical (unpaired) electrons. The zero-order valence-corrected chi connectivity index (χ0v) is 13.3. The van der Waals surface area contributed by atoms with E-state index in [1.54, 1.807) is 18.3 Å². The number of rotatable bonds is 3. The zero-order valence-electron chi connectivity index (χ0n) is 11.0. The number of nitrogens with two attached hydrogens (primary N) is 1. The molecular formula is C14H13Cl3N2O. The number of nitrogens with zero attached hydrogens (tertiary/aromatic N) is 1. The van der Waals surface area contributed by atoms with Crippen molar-refractivity contribution in [1.29, 1.82) is 0 Å². The van der Waals surface area contributed by atoms with Crippen LogP contribution < -0.4 is 10.5 Å². The SMILES string of the molecule is Cc1cnc(COc2c(Cl)cc(Cl)cc2Cl)c(C)c1N. The summed E-state index contributed by atoms with van der Waals surface area (Å²) in [7, 11) is 0. The number of anilines is 1. The third-order valence-corrected chi connectivity index (χ3v) is 3.77. The van der Waals surface area contributed by atoms with Gasteiger partial charge < -0.3 is 10.5 Å². The van der Waals surface area contributed by atoms with Crippen LogP contribution >= 0.6 is 34.8 Å². The number of benzene rings is 1. The molecular weight excluding hydrogens is 319 g/mol. The van der Waals surface area contributed by atoms with Crippen LogP contribution in [0.25, 0.3) is 0 Å². The van der Waals surface area contributed by atoms with Gasteiger partial charge in [0.05, 0.1) is 15.7 Å². The van der Waals surface area contributed by atoms with Gasteiger partial charge in [-0.05, 0) is 37.1 Å². The summed E-state index contributed by atoms with van der Waals surface area (Å²) in [6.45, 7) is 4.05. The van der Waals surface area contributed by atoms with E-state index >= 15 is 0 Å². The summed E-state index contributed by atoms with van der Waals surface area (Å²) in [5.74, 6) is 0.387. The van der Waals surface area contributed by atoms with Crippen LogP contribution in [0.3, 0.4) is 0 Å². The van der Waals surface area contributed by atoms with E-state index in [-0.39, 0.29) is 6.61 Å². The minimum Gasteiger partial charge on any atom is -0.484 e. The van der Waals surface area contributed by atoms with Crippen molar-refractivity contribution in [1.82, 2.24) is 4.98 Å². The Bertz CT molecular complexity index is 636. The smallest absolute Gasteiger partial charge is 0.157 e. The zero-order chi connectivity index (χ0) is 14.9. The first-order valence-corrected chi connectivity index (χ1v) is 7.01. The fourth-order valence-electron chi connectivity index (χ4n) is 1.75. The van der Waals surface area contributed by atoms with E-state index in [0.717, 1.165) is 16.8 Å². The van der Waals surface area contributed by atoms with Crippen LogP contribution in [0, 0.1) is 13.8 Å². The minimum absolute atomic E-state index is 0.234. The highest BCUT2D eigenvalue weighted by atomic mass is 35.5. The van der Waals surface area contributed by atoms with Crippen molar-refractivity contribution >= 4 is 40.5 Å². The number of nitrogen functional groups attached to an aromatic ring is 1. The van der Waals surface area contributed by atoms with Crippen molar-refractivity contribution < 1.29 is 4.74 Å². The topological polar surface area (TPSA) is 48.1 Å². The van der Waals surface area contributed by atoms with E-state index in [1.165, 1.54) is 0 Å². The average Bonchev–Trinajstić information content (AvgIpc) is 2.37. The molecule has 0 atom stereocenters. The second kappa shape index (κ2) is 6.08. The van der Waals surface area contributed by atoms with Crippen molar-refractivity contribution in [3.05, 3.63) is 50.2 Å². The predicted octanol–water partition coefficient (Wildman–Crippen LogP) is 4.82. The normalized spacial score (nSPS) is 10.7. The maximum absolute atomic E-state index is 6.06. The van der Waals surface area contributed by atoms with E-state index in [2.05, 4.69) is 4.98 Å². The largest absolute Gasteiger partial charge is 0.484 e. The van der Waals surface area contributed by atoms with Gasteiger partial charge in [0.15, 0.2) is 5.75 Å². The molecule has 1 aromatic heterocycles. The van der Waals surface area contributed by atoms with E-state index in [1.807, 2.05) is 13.8 Å². The summed E-state index contributed by atoms with van der Waals surface area (Å²) in [4.78, 5) is 4.31. The molecule has 0 fully saturated rings. The van der Waals surface area contributed by atoms with Gasteiger partial charge in [0.1, 0.15) is 6.61 Å². The molecule has 0 unspecified atom stereocenters. The van der Waals surface area contributed by atoms with Gasteiger partial charge in [-0.15, -0.1) is 0 Å². The fraction of sp³-hybridized carbons (Fsp3) is 0.214. The van der Waals surface area contributed by atoms with Crippen molar-refractivity contribution in [2.75, 3.05) is 5.73 Å². The lowest BCUT2D eigenvalue weighted by atomic mass is 10.1. The molecule has 0 bridgehead atoms. The van der Waals surface area contributed by atoms with Crippen molar-refractivity contribution in [2.45, 2.75) is 20.5 Å². The first-order valence-electron chi connectivity index (χ1n) is 5.88. The molecule has 0 saturated carbocycles. The number of ether oxygens (including phenoxy) is 1. The molecule has 2 rings (SSSR count). The Balaban J connectivity index is 2.24. The summed E-state index contributed by atoms with van der Waals surface area (Å²) in [6, 6.07) is 3.15. The minimum atomic E-state index is 0.234. The van der Waals surface area contributed by atoms with Gasteiger partial charge in [0.2, 0.25) is 0 Å². The highest BCUT2D eigenvalue weighted by Crippen LogP contribution is 2.36. The van der Waals surface area contributed by atoms with Crippen LogP contribution in [0.4, 0.5) is 5.69 Å². The van der Waals surface area contributed by atoms with Gasteiger partial charge in [0.25, 0.3) is 0 Å². The molecule has 0 aliphatic heterocycles. The van der Waals surface area contributed by atoms with Gasteiger partial charge in [-0.1, -0.05) is 34.8 Å². The maximum Gasteiger partial charge on any atom is 0.157 e. The Kier molecular flexibility index (Phi) is 4.63. The standard InChI is InChI=1S/C14H13Cl3N2O/c1-7-5-19-12(8(2)13(7)18)6-20-14-10(16)3-9(15)4-11(14)17/h3-5H,6H2,1-2H3,(H2,18,19). The molecule has 0 spiro atoms. The highest BCUT2D eigenvalue weighted by Gasteiger charge is 2.12. The Morgan fingerprint density at radius 3 is 2.35 bits per heavy atom. The Hall–Kier alpha value is -1.16. The summed E-state index contributed by atoms with van der Waals surface area (Å²) >= 11 is 18.0. The van der Waals surface area contributed by atoms with Crippen LogP contribution in [0.15, 0.2) is 18.3 Å². The summed E-state index contributed by atoms with van der Waals surface area (Å²) in [5, 5.41) is 1.18. The molecule has 0 amide bonds. The molecule has 0 aliphatic rings. The number of aromatic nitrogens is 1.